The summed E-state index contributed by atoms with van der Waals surface area (Å²) >= 11 is 0. The quantitative estimate of drug-likeness (QED) is 0.0231. The van der Waals surface area contributed by atoms with Gasteiger partial charge in [0, 0.05) is 94.6 Å². The van der Waals surface area contributed by atoms with E-state index in [1.54, 1.807) is 0 Å². The highest BCUT2D eigenvalue weighted by Crippen LogP contribution is 2.31. The van der Waals surface area contributed by atoms with Crippen LogP contribution < -0.4 is 20.1 Å². The number of nitrogens with one attached hydrogen (secondary N) is 6. The van der Waals surface area contributed by atoms with Crippen molar-refractivity contribution in [2.24, 2.45) is 5.92 Å². The van der Waals surface area contributed by atoms with E-state index in [0.29, 0.717) is 24.7 Å². The van der Waals surface area contributed by atoms with E-state index in [1.165, 1.54) is 109 Å². The van der Waals surface area contributed by atoms with Crippen molar-refractivity contribution in [3.05, 3.63) is 144 Å². The first kappa shape index (κ1) is 69.9. The van der Waals surface area contributed by atoms with Crippen molar-refractivity contribution < 1.29 is 9.47 Å². The summed E-state index contributed by atoms with van der Waals surface area (Å²) in [5, 5.41) is 36.3. The summed E-state index contributed by atoms with van der Waals surface area (Å²) in [5.41, 5.74) is 16.5. The van der Waals surface area contributed by atoms with Gasteiger partial charge >= 0.3 is 0 Å². The second-order valence-corrected chi connectivity index (χ2v) is 24.5. The van der Waals surface area contributed by atoms with Crippen LogP contribution in [0.2, 0.25) is 0 Å². The van der Waals surface area contributed by atoms with Gasteiger partial charge in [0.05, 0.1) is 60.3 Å². The van der Waals surface area contributed by atoms with Gasteiger partial charge in [0.15, 0.2) is 0 Å². The lowest BCUT2D eigenvalue weighted by atomic mass is 10.1. The van der Waals surface area contributed by atoms with E-state index >= 15 is 0 Å². The van der Waals surface area contributed by atoms with Crippen LogP contribution in [0.15, 0.2) is 122 Å². The third kappa shape index (κ3) is 24.4. The number of nitrogens with zero attached hydrogens (tertiary/aromatic N) is 8. The molecule has 4 heterocycles. The van der Waals surface area contributed by atoms with Crippen molar-refractivity contribution in [3.8, 4) is 56.5 Å². The number of unbranched alkanes of at least 4 members (excludes halogenated alkanes) is 4. The zero-order valence-electron chi connectivity index (χ0n) is 55.8. The van der Waals surface area contributed by atoms with Crippen molar-refractivity contribution in [1.29, 1.82) is 0 Å². The number of H-pyrrole nitrogens is 4. The number of anilines is 2. The van der Waals surface area contributed by atoms with Crippen LogP contribution in [0.4, 0.5) is 11.4 Å². The lowest BCUT2D eigenvalue weighted by Crippen LogP contribution is -2.19. The summed E-state index contributed by atoms with van der Waals surface area (Å²) in [4.78, 5) is 9.40. The zero-order valence-corrected chi connectivity index (χ0v) is 55.8. The molecule has 9 rings (SSSR count). The van der Waals surface area contributed by atoms with Gasteiger partial charge in [0.2, 0.25) is 0 Å². The molecule has 8 aromatic rings. The topological polar surface area (TPSA) is 170 Å². The van der Waals surface area contributed by atoms with Crippen LogP contribution in [0, 0.1) is 5.92 Å². The first-order valence-electron chi connectivity index (χ1n) is 32.7. The molecular weight excluding hydrogens is 1090 g/mol. The Morgan fingerprint density at radius 1 is 0.443 bits per heavy atom. The van der Waals surface area contributed by atoms with Crippen LogP contribution >= 0.6 is 0 Å². The highest BCUT2D eigenvalue weighted by Gasteiger charge is 2.23. The van der Waals surface area contributed by atoms with Gasteiger partial charge in [-0.2, -0.15) is 20.4 Å². The number of benzene rings is 4. The van der Waals surface area contributed by atoms with Gasteiger partial charge in [0.1, 0.15) is 11.5 Å². The van der Waals surface area contributed by atoms with E-state index in [2.05, 4.69) is 240 Å². The molecule has 4 aromatic carbocycles. The summed E-state index contributed by atoms with van der Waals surface area (Å²) in [5.74, 6) is 2.52. The van der Waals surface area contributed by atoms with E-state index in [1.807, 2.05) is 43.8 Å². The number of hydrogen-bond acceptors (Lipinski definition) is 12. The second kappa shape index (κ2) is 38.2. The maximum absolute atomic E-state index is 5.80. The van der Waals surface area contributed by atoms with Crippen LogP contribution in [-0.2, 0) is 26.2 Å². The van der Waals surface area contributed by atoms with E-state index in [9.17, 15) is 0 Å². The molecule has 0 atom stereocenters. The lowest BCUT2D eigenvalue weighted by Gasteiger charge is -2.16. The Labute approximate surface area is 528 Å². The normalized spacial score (nSPS) is 12.1. The van der Waals surface area contributed by atoms with Gasteiger partial charge < -0.3 is 39.7 Å². The minimum absolute atomic E-state index is 0.445. The Balaban J connectivity index is 0.000000187. The Kier molecular flexibility index (Phi) is 30.3. The summed E-state index contributed by atoms with van der Waals surface area (Å²) < 4.78 is 11.3. The number of ether oxygens (including phenoxy) is 2. The molecule has 4 aromatic heterocycles. The van der Waals surface area contributed by atoms with Crippen LogP contribution in [-0.4, -0.2) is 140 Å². The molecule has 1 fully saturated rings. The van der Waals surface area contributed by atoms with Crippen LogP contribution in [0.5, 0.6) is 11.5 Å². The van der Waals surface area contributed by atoms with Gasteiger partial charge in [0.25, 0.3) is 0 Å². The van der Waals surface area contributed by atoms with Gasteiger partial charge in [-0.3, -0.25) is 20.4 Å². The molecule has 0 amide bonds. The molecule has 88 heavy (non-hydrogen) atoms. The fraction of sp³-hybridized carbons (Fsp3) is 0.500. The lowest BCUT2D eigenvalue weighted by molar-refractivity contribution is 0.303. The molecule has 6 N–H and O–H groups in total. The molecule has 0 aliphatic heterocycles. The minimum atomic E-state index is 0.445. The minimum Gasteiger partial charge on any atom is -0.494 e. The van der Waals surface area contributed by atoms with E-state index < -0.39 is 0 Å². The van der Waals surface area contributed by atoms with Crippen molar-refractivity contribution in [2.45, 2.75) is 165 Å². The molecule has 0 bridgehead atoms. The average Bonchev–Trinajstić information content (AvgIpc) is 4.16. The Morgan fingerprint density at radius 2 is 0.761 bits per heavy atom. The third-order valence-electron chi connectivity index (χ3n) is 15.1. The number of hydrogen-bond donors (Lipinski definition) is 6. The molecule has 0 radical (unpaired) electrons. The van der Waals surface area contributed by atoms with E-state index in [0.717, 1.165) is 104 Å². The highest BCUT2D eigenvalue weighted by molar-refractivity contribution is 5.67. The standard InChI is InChI=1S/C19H30N4.C18H28N4.C18H25N3O.C17H25N3O/c1-5-6-11-23(4)14-17-13-21-22-19(17)16-7-9-18(10-8-16)20-12-15(2)3;1-5-6-11-22(4)13-16-12-19-21-18(16)15-7-9-17(10-8-15)20-14(2)3;1-3-4-11-21(2)13-15-12-19-20-18(15)14-5-7-16(8-6-14)22-17-9-10-17;1-4-6-11-20(3)13-15-12-18-19-17(15)14-7-9-16(10-8-14)21-5-2/h7-10,13,15,20H,5-6,11-12,14H2,1-4H3,(H,21,22);7-10,12,14,20H,5-6,11,13H2,1-4H3,(H,19,21);5-8,12,17H,3-4,9-11,13H2,1-2H3,(H,19,20);7-10,12H,4-6,11,13H2,1-3H3,(H,18,19). The average molecular weight is 1200 g/mol. The largest absolute Gasteiger partial charge is 0.494 e. The Hall–Kier alpha value is -7.24. The van der Waals surface area contributed by atoms with Crippen LogP contribution in [0.1, 0.15) is 149 Å². The molecule has 1 aliphatic rings. The van der Waals surface area contributed by atoms with Crippen molar-refractivity contribution in [3.63, 3.8) is 0 Å². The van der Waals surface area contributed by atoms with Gasteiger partial charge in [-0.15, -0.1) is 0 Å². The highest BCUT2D eigenvalue weighted by atomic mass is 16.5. The summed E-state index contributed by atoms with van der Waals surface area (Å²) in [6.07, 6.45) is 20.4. The van der Waals surface area contributed by atoms with E-state index in [-0.39, 0.29) is 0 Å². The molecule has 0 unspecified atom stereocenters. The molecule has 478 valence electrons. The fourth-order valence-electron chi connectivity index (χ4n) is 10.0. The van der Waals surface area contributed by atoms with E-state index in [4.69, 9.17) is 9.47 Å². The van der Waals surface area contributed by atoms with Gasteiger partial charge in [-0.05, 0) is 192 Å². The predicted molar refractivity (Wildman–Crippen MR) is 368 cm³/mol. The smallest absolute Gasteiger partial charge is 0.119 e. The molecule has 0 spiro atoms. The zero-order chi connectivity index (χ0) is 63.0. The molecule has 1 aliphatic carbocycles. The number of aromatic amines is 4. The Morgan fingerprint density at radius 3 is 1.06 bits per heavy atom. The second-order valence-electron chi connectivity index (χ2n) is 24.5. The monoisotopic (exact) mass is 1200 g/mol. The summed E-state index contributed by atoms with van der Waals surface area (Å²) in [6.45, 7) is 29.5. The summed E-state index contributed by atoms with van der Waals surface area (Å²) in [7, 11) is 8.66. The predicted octanol–water partition coefficient (Wildman–Crippen LogP) is 16.1. The van der Waals surface area contributed by atoms with Crippen molar-refractivity contribution >= 4 is 11.4 Å². The first-order chi connectivity index (χ1) is 42.7. The first-order valence-corrected chi connectivity index (χ1v) is 32.7. The van der Waals surface area contributed by atoms with Crippen molar-refractivity contribution in [2.75, 3.05) is 78.2 Å². The van der Waals surface area contributed by atoms with Gasteiger partial charge in [-0.1, -0.05) is 91.5 Å². The molecular formula is C72H108N14O2. The Bertz CT molecular complexity index is 2990. The van der Waals surface area contributed by atoms with Crippen LogP contribution in [0.3, 0.4) is 0 Å². The fourth-order valence-corrected chi connectivity index (χ4v) is 10.0. The molecule has 16 nitrogen and oxygen atoms in total. The van der Waals surface area contributed by atoms with Crippen molar-refractivity contribution in [1.82, 2.24) is 60.4 Å². The molecule has 0 saturated heterocycles. The van der Waals surface area contributed by atoms with Gasteiger partial charge in [-0.25, -0.2) is 0 Å². The third-order valence-corrected chi connectivity index (χ3v) is 15.1. The number of rotatable bonds is 33. The molecule has 1 saturated carbocycles. The maximum atomic E-state index is 5.80. The number of aromatic nitrogens is 8. The van der Waals surface area contributed by atoms with Crippen LogP contribution in [0.25, 0.3) is 45.0 Å². The summed E-state index contributed by atoms with van der Waals surface area (Å²) in [6, 6.07) is 34.1. The molecule has 16 heteroatoms. The maximum Gasteiger partial charge on any atom is 0.119 e. The SMILES string of the molecule is CCCCN(C)Cc1cn[nH]c1-c1ccc(NC(C)C)cc1.CCCCN(C)Cc1cn[nH]c1-c1ccc(NCC(C)C)cc1.CCCCN(C)Cc1cn[nH]c1-c1ccc(OC2CC2)cc1.CCCCN(C)Cc1cn[nH]c1-c1ccc(OCC)cc1.